The van der Waals surface area contributed by atoms with E-state index < -0.39 is 0 Å². The van der Waals surface area contributed by atoms with Crippen LogP contribution in [0.3, 0.4) is 0 Å². The molecule has 6 nitrogen and oxygen atoms in total. The molecule has 0 radical (unpaired) electrons. The van der Waals surface area contributed by atoms with Crippen molar-refractivity contribution in [1.82, 2.24) is 24.9 Å². The van der Waals surface area contributed by atoms with Crippen LogP contribution < -0.4 is 5.56 Å². The Morgan fingerprint density at radius 1 is 0.906 bits per heavy atom. The first-order valence-electron chi connectivity index (χ1n) is 10.2. The number of aromatic nitrogens is 5. The van der Waals surface area contributed by atoms with Gasteiger partial charge < -0.3 is 9.97 Å². The van der Waals surface area contributed by atoms with E-state index in [2.05, 4.69) is 34.0 Å². The molecule has 0 bridgehead atoms. The van der Waals surface area contributed by atoms with Gasteiger partial charge in [-0.05, 0) is 55.5 Å². The summed E-state index contributed by atoms with van der Waals surface area (Å²) < 4.78 is 0. The number of fused-ring (bicyclic) bond motifs is 2. The van der Waals surface area contributed by atoms with Crippen molar-refractivity contribution in [3.8, 4) is 33.1 Å². The van der Waals surface area contributed by atoms with Crippen LogP contribution in [0.15, 0.2) is 77.9 Å². The van der Waals surface area contributed by atoms with Crippen LogP contribution >= 0.6 is 11.3 Å². The smallest absolute Gasteiger partial charge is 0.259 e. The highest BCUT2D eigenvalue weighted by atomic mass is 32.1. The zero-order valence-electron chi connectivity index (χ0n) is 17.1. The van der Waals surface area contributed by atoms with E-state index in [-0.39, 0.29) is 5.56 Å². The van der Waals surface area contributed by atoms with Gasteiger partial charge >= 0.3 is 0 Å². The summed E-state index contributed by atoms with van der Waals surface area (Å²) in [4.78, 5) is 35.2. The van der Waals surface area contributed by atoms with Crippen molar-refractivity contribution in [3.05, 3.63) is 88.3 Å². The van der Waals surface area contributed by atoms with E-state index in [0.717, 1.165) is 38.4 Å². The lowest BCUT2D eigenvalue weighted by Gasteiger charge is -2.10. The summed E-state index contributed by atoms with van der Waals surface area (Å²) in [5.74, 6) is 0. The summed E-state index contributed by atoms with van der Waals surface area (Å²) in [6.45, 7) is 2.06. The van der Waals surface area contributed by atoms with Crippen molar-refractivity contribution in [3.63, 3.8) is 0 Å². The predicted octanol–water partition coefficient (Wildman–Crippen LogP) is 5.57. The van der Waals surface area contributed by atoms with Crippen LogP contribution in [0.4, 0.5) is 0 Å². The second-order valence-corrected chi connectivity index (χ2v) is 8.86. The molecule has 0 amide bonds. The van der Waals surface area contributed by atoms with E-state index in [1.54, 1.807) is 29.8 Å². The van der Waals surface area contributed by atoms with Crippen molar-refractivity contribution in [2.45, 2.75) is 6.92 Å². The second-order valence-electron chi connectivity index (χ2n) is 7.57. The average molecular weight is 436 g/mol. The molecule has 32 heavy (non-hydrogen) atoms. The molecule has 0 saturated carbocycles. The van der Waals surface area contributed by atoms with E-state index >= 15 is 0 Å². The van der Waals surface area contributed by atoms with Crippen LogP contribution in [0.25, 0.3) is 55.2 Å². The van der Waals surface area contributed by atoms with Gasteiger partial charge in [0.25, 0.3) is 5.56 Å². The third kappa shape index (κ3) is 3.11. The third-order valence-electron chi connectivity index (χ3n) is 5.42. The van der Waals surface area contributed by atoms with Crippen molar-refractivity contribution >= 4 is 33.4 Å². The number of aryl methyl sites for hydroxylation is 1. The summed E-state index contributed by atoms with van der Waals surface area (Å²) in [7, 11) is 0. The SMILES string of the molecule is Cc1ccc(-c2nc3[nH]c(=O)c(-c4ccc[nH]4)cc3nc2-c2ccc3ncccc3c2)s1. The Labute approximate surface area is 186 Å². The minimum Gasteiger partial charge on any atom is -0.361 e. The van der Waals surface area contributed by atoms with Crippen LogP contribution in [0.5, 0.6) is 0 Å². The van der Waals surface area contributed by atoms with Gasteiger partial charge in [0, 0.05) is 28.2 Å². The molecule has 154 valence electrons. The molecule has 0 aliphatic rings. The van der Waals surface area contributed by atoms with Crippen LogP contribution in [0, 0.1) is 6.92 Å². The van der Waals surface area contributed by atoms with E-state index in [9.17, 15) is 4.79 Å². The van der Waals surface area contributed by atoms with E-state index in [1.165, 1.54) is 4.88 Å². The maximum atomic E-state index is 12.7. The van der Waals surface area contributed by atoms with Gasteiger partial charge in [-0.2, -0.15) is 0 Å². The fraction of sp³-hybridized carbons (Fsp3) is 0.0400. The Morgan fingerprint density at radius 3 is 2.66 bits per heavy atom. The highest BCUT2D eigenvalue weighted by molar-refractivity contribution is 7.15. The van der Waals surface area contributed by atoms with Crippen LogP contribution in [-0.2, 0) is 0 Å². The highest BCUT2D eigenvalue weighted by Gasteiger charge is 2.17. The Balaban J connectivity index is 1.64. The maximum Gasteiger partial charge on any atom is 0.259 e. The standard InChI is InChI=1S/C25H17N5OS/c1-14-6-9-21(32-14)23-22(16-7-8-18-15(12-16)4-2-10-26-18)28-20-13-17(19-5-3-11-27-19)25(31)30-24(20)29-23/h2-13,27H,1H3,(H,29,30,31). The molecule has 0 fully saturated rings. The number of benzene rings is 1. The monoisotopic (exact) mass is 435 g/mol. The summed E-state index contributed by atoms with van der Waals surface area (Å²) in [6, 6.07) is 19.7. The molecule has 0 atom stereocenters. The van der Waals surface area contributed by atoms with Crippen molar-refractivity contribution in [2.24, 2.45) is 0 Å². The van der Waals surface area contributed by atoms with Gasteiger partial charge in [-0.15, -0.1) is 11.3 Å². The topological polar surface area (TPSA) is 87.3 Å². The molecule has 0 aliphatic carbocycles. The van der Waals surface area contributed by atoms with E-state index in [0.29, 0.717) is 16.7 Å². The Bertz CT molecular complexity index is 1660. The molecule has 5 heterocycles. The second kappa shape index (κ2) is 7.25. The summed E-state index contributed by atoms with van der Waals surface area (Å²) in [5, 5.41) is 1.04. The number of hydrogen-bond acceptors (Lipinski definition) is 5. The number of pyridine rings is 2. The number of hydrogen-bond donors (Lipinski definition) is 2. The largest absolute Gasteiger partial charge is 0.361 e. The molecule has 0 aliphatic heterocycles. The fourth-order valence-corrected chi connectivity index (χ4v) is 4.73. The van der Waals surface area contributed by atoms with Crippen molar-refractivity contribution < 1.29 is 0 Å². The average Bonchev–Trinajstić information content (AvgIpc) is 3.49. The number of rotatable bonds is 3. The molecule has 2 N–H and O–H groups in total. The van der Waals surface area contributed by atoms with Gasteiger partial charge in [0.15, 0.2) is 5.65 Å². The lowest BCUT2D eigenvalue weighted by atomic mass is 10.1. The van der Waals surface area contributed by atoms with E-state index in [4.69, 9.17) is 9.97 Å². The van der Waals surface area contributed by atoms with Gasteiger partial charge in [-0.1, -0.05) is 12.1 Å². The highest BCUT2D eigenvalue weighted by Crippen LogP contribution is 2.35. The lowest BCUT2D eigenvalue weighted by molar-refractivity contribution is 1.19. The Morgan fingerprint density at radius 2 is 1.84 bits per heavy atom. The summed E-state index contributed by atoms with van der Waals surface area (Å²) in [5.41, 5.74) is 5.58. The third-order valence-corrected chi connectivity index (χ3v) is 6.43. The predicted molar refractivity (Wildman–Crippen MR) is 129 cm³/mol. The van der Waals surface area contributed by atoms with Gasteiger partial charge in [-0.25, -0.2) is 9.97 Å². The normalized spacial score (nSPS) is 11.4. The van der Waals surface area contributed by atoms with Gasteiger partial charge in [0.1, 0.15) is 11.2 Å². The Hall–Kier alpha value is -4.10. The molecule has 1 aromatic carbocycles. The van der Waals surface area contributed by atoms with E-state index in [1.807, 2.05) is 42.5 Å². The molecule has 0 saturated heterocycles. The van der Waals surface area contributed by atoms with Gasteiger partial charge in [0.2, 0.25) is 0 Å². The molecule has 5 aromatic heterocycles. The summed E-state index contributed by atoms with van der Waals surface area (Å²) >= 11 is 1.66. The molecular weight excluding hydrogens is 418 g/mol. The number of H-pyrrole nitrogens is 2. The number of aromatic amines is 2. The fourth-order valence-electron chi connectivity index (χ4n) is 3.87. The Kier molecular flexibility index (Phi) is 4.22. The first-order valence-corrected chi connectivity index (χ1v) is 11.0. The number of nitrogens with one attached hydrogen (secondary N) is 2. The number of thiophene rings is 1. The minimum atomic E-state index is -0.202. The van der Waals surface area contributed by atoms with Crippen molar-refractivity contribution in [2.75, 3.05) is 0 Å². The molecule has 7 heteroatoms. The number of nitrogens with zero attached hydrogens (tertiary/aromatic N) is 3. The zero-order chi connectivity index (χ0) is 21.7. The minimum absolute atomic E-state index is 0.202. The molecule has 6 aromatic rings. The quantitative estimate of drug-likeness (QED) is 0.381. The molecular formula is C25H17N5OS. The maximum absolute atomic E-state index is 12.7. The first kappa shape index (κ1) is 18.7. The van der Waals surface area contributed by atoms with Gasteiger partial charge in [0.05, 0.1) is 27.3 Å². The van der Waals surface area contributed by atoms with Crippen LogP contribution in [0.1, 0.15) is 4.88 Å². The van der Waals surface area contributed by atoms with Crippen LogP contribution in [0.2, 0.25) is 0 Å². The lowest BCUT2D eigenvalue weighted by Crippen LogP contribution is -2.11. The zero-order valence-corrected chi connectivity index (χ0v) is 17.9. The van der Waals surface area contributed by atoms with Crippen LogP contribution in [-0.4, -0.2) is 24.9 Å². The van der Waals surface area contributed by atoms with Gasteiger partial charge in [-0.3, -0.25) is 9.78 Å². The summed E-state index contributed by atoms with van der Waals surface area (Å²) in [6.07, 6.45) is 3.58. The van der Waals surface area contributed by atoms with Crippen molar-refractivity contribution in [1.29, 1.82) is 0 Å². The molecule has 0 unspecified atom stereocenters. The molecule has 0 spiro atoms. The first-order chi connectivity index (χ1) is 15.7. The molecule has 6 rings (SSSR count).